The van der Waals surface area contributed by atoms with E-state index in [2.05, 4.69) is 5.32 Å². The van der Waals surface area contributed by atoms with Crippen molar-refractivity contribution in [2.75, 3.05) is 11.1 Å². The van der Waals surface area contributed by atoms with Crippen LogP contribution in [0.2, 0.25) is 0 Å². The number of benzene rings is 2. The summed E-state index contributed by atoms with van der Waals surface area (Å²) < 4.78 is 13.4. The second-order valence-corrected chi connectivity index (χ2v) is 4.83. The van der Waals surface area contributed by atoms with Crippen LogP contribution in [-0.2, 0) is 11.3 Å². The van der Waals surface area contributed by atoms with Crippen molar-refractivity contribution in [1.29, 1.82) is 5.41 Å². The topological polar surface area (TPSA) is 99.2 Å². The number of nitrogens with one attached hydrogen (secondary N) is 2. The van der Waals surface area contributed by atoms with Gasteiger partial charge in [0, 0.05) is 23.5 Å². The Morgan fingerprint density at radius 1 is 1.23 bits per heavy atom. The lowest BCUT2D eigenvalue weighted by Gasteiger charge is -2.13. The summed E-state index contributed by atoms with van der Waals surface area (Å²) in [7, 11) is 0. The van der Waals surface area contributed by atoms with E-state index in [1.54, 1.807) is 12.1 Å². The Balaban J connectivity index is 2.17. The number of carboxylic acid groups (broad SMARTS) is 1. The highest BCUT2D eigenvalue weighted by atomic mass is 19.1. The number of carboxylic acids is 1. The standard InChI is InChI=1S/C16H16FN3O2/c17-11-3-6-15(13(7-11)14(19)8-16(21)22)20-9-10-1-4-12(18)5-2-10/h1-7,19-20H,8-9,18H2,(H,21,22). The molecule has 114 valence electrons. The van der Waals surface area contributed by atoms with Crippen LogP contribution >= 0.6 is 0 Å². The van der Waals surface area contributed by atoms with E-state index in [9.17, 15) is 9.18 Å². The number of nitrogens with two attached hydrogens (primary N) is 1. The van der Waals surface area contributed by atoms with Crippen LogP contribution in [0, 0.1) is 11.2 Å². The highest BCUT2D eigenvalue weighted by Gasteiger charge is 2.12. The van der Waals surface area contributed by atoms with Crippen LogP contribution in [-0.4, -0.2) is 16.8 Å². The maximum Gasteiger partial charge on any atom is 0.309 e. The Morgan fingerprint density at radius 3 is 2.55 bits per heavy atom. The number of anilines is 2. The number of hydrogen-bond donors (Lipinski definition) is 4. The Kier molecular flexibility index (Phi) is 4.73. The van der Waals surface area contributed by atoms with Gasteiger partial charge < -0.3 is 21.6 Å². The van der Waals surface area contributed by atoms with Crippen molar-refractivity contribution in [2.45, 2.75) is 13.0 Å². The van der Waals surface area contributed by atoms with Gasteiger partial charge in [0.2, 0.25) is 0 Å². The van der Waals surface area contributed by atoms with Crippen molar-refractivity contribution in [1.82, 2.24) is 0 Å². The van der Waals surface area contributed by atoms with Gasteiger partial charge in [0.25, 0.3) is 0 Å². The molecule has 0 unspecified atom stereocenters. The quantitative estimate of drug-likeness (QED) is 0.487. The van der Waals surface area contributed by atoms with Gasteiger partial charge >= 0.3 is 5.97 Å². The second kappa shape index (κ2) is 6.71. The monoisotopic (exact) mass is 301 g/mol. The van der Waals surface area contributed by atoms with E-state index in [1.807, 2.05) is 12.1 Å². The Hall–Kier alpha value is -2.89. The van der Waals surface area contributed by atoms with Gasteiger partial charge in [0.05, 0.1) is 12.1 Å². The summed E-state index contributed by atoms with van der Waals surface area (Å²) in [5.41, 5.74) is 7.86. The minimum absolute atomic E-state index is 0.146. The van der Waals surface area contributed by atoms with Crippen LogP contribution in [0.5, 0.6) is 0 Å². The maximum absolute atomic E-state index is 13.4. The smallest absolute Gasteiger partial charge is 0.309 e. The number of rotatable bonds is 6. The van der Waals surface area contributed by atoms with E-state index in [4.69, 9.17) is 16.2 Å². The van der Waals surface area contributed by atoms with Crippen molar-refractivity contribution in [3.63, 3.8) is 0 Å². The second-order valence-electron chi connectivity index (χ2n) is 4.83. The number of hydrogen-bond acceptors (Lipinski definition) is 4. The third kappa shape index (κ3) is 4.05. The lowest BCUT2D eigenvalue weighted by Crippen LogP contribution is -2.11. The molecule has 0 bridgehead atoms. The molecular weight excluding hydrogens is 285 g/mol. The molecule has 2 rings (SSSR count). The molecule has 0 saturated carbocycles. The molecule has 0 aromatic heterocycles. The van der Waals surface area contributed by atoms with Crippen molar-refractivity contribution >= 4 is 23.1 Å². The molecule has 0 radical (unpaired) electrons. The Morgan fingerprint density at radius 2 is 1.91 bits per heavy atom. The number of carbonyl (C=O) groups is 1. The average molecular weight is 301 g/mol. The summed E-state index contributed by atoms with van der Waals surface area (Å²) in [4.78, 5) is 10.7. The van der Waals surface area contributed by atoms with Gasteiger partial charge in [-0.1, -0.05) is 12.1 Å². The highest BCUT2D eigenvalue weighted by Crippen LogP contribution is 2.20. The molecule has 5 N–H and O–H groups in total. The van der Waals surface area contributed by atoms with E-state index >= 15 is 0 Å². The van der Waals surface area contributed by atoms with Gasteiger partial charge in [0.15, 0.2) is 0 Å². The zero-order chi connectivity index (χ0) is 16.1. The SMILES string of the molecule is N=C(CC(=O)O)c1cc(F)ccc1NCc1ccc(N)cc1. The van der Waals surface area contributed by atoms with Crippen molar-refractivity contribution < 1.29 is 14.3 Å². The first-order valence-electron chi connectivity index (χ1n) is 6.63. The van der Waals surface area contributed by atoms with Crippen molar-refractivity contribution in [3.05, 3.63) is 59.4 Å². The molecule has 0 atom stereocenters. The number of aliphatic carboxylic acids is 1. The van der Waals surface area contributed by atoms with Crippen LogP contribution in [0.3, 0.4) is 0 Å². The molecule has 2 aromatic carbocycles. The molecule has 5 nitrogen and oxygen atoms in total. The molecule has 0 fully saturated rings. The minimum atomic E-state index is -1.13. The lowest BCUT2D eigenvalue weighted by molar-refractivity contribution is -0.135. The van der Waals surface area contributed by atoms with E-state index < -0.39 is 18.2 Å². The van der Waals surface area contributed by atoms with Crippen LogP contribution in [0.4, 0.5) is 15.8 Å². The Labute approximate surface area is 127 Å². The van der Waals surface area contributed by atoms with Crippen LogP contribution in [0.15, 0.2) is 42.5 Å². The zero-order valence-corrected chi connectivity index (χ0v) is 11.8. The van der Waals surface area contributed by atoms with E-state index in [1.165, 1.54) is 12.1 Å². The third-order valence-corrected chi connectivity index (χ3v) is 3.10. The molecule has 0 amide bonds. The molecular formula is C16H16FN3O2. The predicted octanol–water partition coefficient (Wildman–Crippen LogP) is 2.86. The number of halogens is 1. The molecule has 0 spiro atoms. The average Bonchev–Trinajstić information content (AvgIpc) is 2.47. The summed E-state index contributed by atoms with van der Waals surface area (Å²) in [6.07, 6.45) is -0.458. The zero-order valence-electron chi connectivity index (χ0n) is 11.8. The van der Waals surface area contributed by atoms with Crippen LogP contribution in [0.1, 0.15) is 17.5 Å². The maximum atomic E-state index is 13.4. The summed E-state index contributed by atoms with van der Waals surface area (Å²) >= 11 is 0. The first kappa shape index (κ1) is 15.5. The fourth-order valence-electron chi connectivity index (χ4n) is 2.00. The van der Waals surface area contributed by atoms with E-state index in [0.717, 1.165) is 11.6 Å². The van der Waals surface area contributed by atoms with Gasteiger partial charge in [-0.2, -0.15) is 0 Å². The van der Waals surface area contributed by atoms with Gasteiger partial charge in [0.1, 0.15) is 5.82 Å². The molecule has 2 aromatic rings. The van der Waals surface area contributed by atoms with Gasteiger partial charge in [-0.15, -0.1) is 0 Å². The third-order valence-electron chi connectivity index (χ3n) is 3.10. The van der Waals surface area contributed by atoms with Crippen LogP contribution in [0.25, 0.3) is 0 Å². The first-order valence-corrected chi connectivity index (χ1v) is 6.63. The van der Waals surface area contributed by atoms with Gasteiger partial charge in [-0.25, -0.2) is 4.39 Å². The molecule has 22 heavy (non-hydrogen) atoms. The van der Waals surface area contributed by atoms with Crippen molar-refractivity contribution in [3.8, 4) is 0 Å². The largest absolute Gasteiger partial charge is 0.481 e. The van der Waals surface area contributed by atoms with E-state index in [-0.39, 0.29) is 11.3 Å². The summed E-state index contributed by atoms with van der Waals surface area (Å²) in [6.45, 7) is 0.458. The fraction of sp³-hybridized carbons (Fsp3) is 0.125. The van der Waals surface area contributed by atoms with Crippen LogP contribution < -0.4 is 11.1 Å². The minimum Gasteiger partial charge on any atom is -0.481 e. The highest BCUT2D eigenvalue weighted by molar-refractivity contribution is 6.10. The van der Waals surface area contributed by atoms with Gasteiger partial charge in [-0.3, -0.25) is 4.79 Å². The fourth-order valence-corrected chi connectivity index (χ4v) is 2.00. The predicted molar refractivity (Wildman–Crippen MR) is 83.7 cm³/mol. The van der Waals surface area contributed by atoms with Gasteiger partial charge in [-0.05, 0) is 35.9 Å². The summed E-state index contributed by atoms with van der Waals surface area (Å²) in [5.74, 6) is -1.64. The first-order chi connectivity index (χ1) is 10.5. The lowest BCUT2D eigenvalue weighted by atomic mass is 10.0. The normalized spacial score (nSPS) is 10.2. The Bertz CT molecular complexity index is 699. The molecule has 0 aliphatic heterocycles. The van der Waals surface area contributed by atoms with E-state index in [0.29, 0.717) is 17.9 Å². The van der Waals surface area contributed by atoms with Crippen molar-refractivity contribution in [2.24, 2.45) is 0 Å². The molecule has 0 aliphatic carbocycles. The molecule has 6 heteroatoms. The molecule has 0 aliphatic rings. The molecule has 0 saturated heterocycles. The summed E-state index contributed by atoms with van der Waals surface area (Å²) in [5, 5.41) is 19.7. The summed E-state index contributed by atoms with van der Waals surface area (Å²) in [6, 6.07) is 11.2. The molecule has 0 heterocycles. The number of nitrogen functional groups attached to an aromatic ring is 1.